The Kier molecular flexibility index (Phi) is 11.0. The summed E-state index contributed by atoms with van der Waals surface area (Å²) in [7, 11) is -4.13. The summed E-state index contributed by atoms with van der Waals surface area (Å²) in [6.07, 6.45) is 0. The van der Waals surface area contributed by atoms with Crippen LogP contribution in [-0.2, 0) is 26.2 Å². The van der Waals surface area contributed by atoms with E-state index in [0.717, 1.165) is 4.31 Å². The van der Waals surface area contributed by atoms with Crippen LogP contribution >= 0.6 is 11.6 Å². The molecule has 3 aromatic carbocycles. The number of sulfonamides is 1. The molecule has 3 aromatic rings. The smallest absolute Gasteiger partial charge is 0.264 e. The van der Waals surface area contributed by atoms with Crippen molar-refractivity contribution in [3.63, 3.8) is 0 Å². The summed E-state index contributed by atoms with van der Waals surface area (Å²) >= 11 is 6.18. The molecule has 0 aliphatic rings. The summed E-state index contributed by atoms with van der Waals surface area (Å²) in [4.78, 5) is 28.4. The third-order valence-corrected chi connectivity index (χ3v) is 8.16. The fourth-order valence-corrected chi connectivity index (χ4v) is 5.64. The lowest BCUT2D eigenvalue weighted by molar-refractivity contribution is -0.139. The molecule has 0 unspecified atom stereocenters. The van der Waals surface area contributed by atoms with Crippen LogP contribution in [0.3, 0.4) is 0 Å². The Hall–Kier alpha value is -3.56. The predicted molar refractivity (Wildman–Crippen MR) is 158 cm³/mol. The number of nitrogens with zero attached hydrogens (tertiary/aromatic N) is 2. The van der Waals surface area contributed by atoms with E-state index < -0.39 is 28.5 Å². The van der Waals surface area contributed by atoms with Gasteiger partial charge in [0.05, 0.1) is 17.2 Å². The zero-order chi connectivity index (χ0) is 29.3. The highest BCUT2D eigenvalue weighted by atomic mass is 35.5. The second-order valence-electron chi connectivity index (χ2n) is 9.72. The Bertz CT molecular complexity index is 1380. The topological polar surface area (TPSA) is 96.0 Å². The SMILES string of the molecule is CCOc1ccc(N(CC(=O)N(Cc2cccc(Cl)c2)[C@H](C)C(=O)NCC(C)C)S(=O)(=O)c2ccccc2)cc1. The van der Waals surface area contributed by atoms with E-state index in [2.05, 4.69) is 5.32 Å². The zero-order valence-corrected chi connectivity index (χ0v) is 24.8. The van der Waals surface area contributed by atoms with Gasteiger partial charge in [0.1, 0.15) is 18.3 Å². The zero-order valence-electron chi connectivity index (χ0n) is 23.2. The van der Waals surface area contributed by atoms with E-state index in [1.165, 1.54) is 17.0 Å². The molecule has 8 nitrogen and oxygen atoms in total. The number of benzene rings is 3. The van der Waals surface area contributed by atoms with Crippen LogP contribution in [-0.4, -0.2) is 50.9 Å². The molecule has 0 heterocycles. The third-order valence-electron chi connectivity index (χ3n) is 6.14. The molecular weight excluding hydrogens is 550 g/mol. The van der Waals surface area contributed by atoms with Crippen LogP contribution in [0.25, 0.3) is 0 Å². The normalized spacial score (nSPS) is 12.1. The maximum Gasteiger partial charge on any atom is 0.264 e. The van der Waals surface area contributed by atoms with Gasteiger partial charge in [0.2, 0.25) is 11.8 Å². The first kappa shape index (κ1) is 31.0. The molecule has 0 aliphatic heterocycles. The van der Waals surface area contributed by atoms with E-state index in [4.69, 9.17) is 16.3 Å². The molecule has 2 amide bonds. The summed E-state index contributed by atoms with van der Waals surface area (Å²) in [5, 5.41) is 3.36. The molecule has 0 fully saturated rings. The summed E-state index contributed by atoms with van der Waals surface area (Å²) in [6, 6.07) is 20.5. The van der Waals surface area contributed by atoms with E-state index in [0.29, 0.717) is 35.2 Å². The van der Waals surface area contributed by atoms with Crippen LogP contribution in [0.2, 0.25) is 5.02 Å². The predicted octanol–water partition coefficient (Wildman–Crippen LogP) is 5.12. The number of hydrogen-bond donors (Lipinski definition) is 1. The van der Waals surface area contributed by atoms with Crippen molar-refractivity contribution in [2.45, 2.75) is 45.2 Å². The van der Waals surface area contributed by atoms with Crippen molar-refractivity contribution in [2.75, 3.05) is 24.0 Å². The number of anilines is 1. The van der Waals surface area contributed by atoms with Gasteiger partial charge in [-0.2, -0.15) is 0 Å². The highest BCUT2D eigenvalue weighted by Gasteiger charge is 2.32. The van der Waals surface area contributed by atoms with Crippen LogP contribution in [0.5, 0.6) is 5.75 Å². The molecule has 1 N–H and O–H groups in total. The molecule has 0 bridgehead atoms. The van der Waals surface area contributed by atoms with Crippen molar-refractivity contribution < 1.29 is 22.7 Å². The minimum Gasteiger partial charge on any atom is -0.494 e. The van der Waals surface area contributed by atoms with E-state index in [9.17, 15) is 18.0 Å². The summed E-state index contributed by atoms with van der Waals surface area (Å²) in [6.45, 7) is 7.89. The first-order valence-corrected chi connectivity index (χ1v) is 15.0. The first-order chi connectivity index (χ1) is 19.0. The van der Waals surface area contributed by atoms with Gasteiger partial charge in [-0.05, 0) is 73.9 Å². The quantitative estimate of drug-likeness (QED) is 0.300. The number of carbonyl (C=O) groups excluding carboxylic acids is 2. The van der Waals surface area contributed by atoms with Crippen molar-refractivity contribution in [1.29, 1.82) is 0 Å². The van der Waals surface area contributed by atoms with Gasteiger partial charge in [-0.3, -0.25) is 13.9 Å². The third kappa shape index (κ3) is 8.22. The van der Waals surface area contributed by atoms with E-state index in [1.54, 1.807) is 73.7 Å². The minimum atomic E-state index is -4.13. The molecule has 0 spiro atoms. The maximum atomic E-state index is 13.9. The van der Waals surface area contributed by atoms with Crippen LogP contribution in [0, 0.1) is 5.92 Å². The van der Waals surface area contributed by atoms with Crippen molar-refractivity contribution in [3.05, 3.63) is 89.4 Å². The summed E-state index contributed by atoms with van der Waals surface area (Å²) in [5.41, 5.74) is 1.00. The van der Waals surface area contributed by atoms with Gasteiger partial charge in [-0.25, -0.2) is 8.42 Å². The highest BCUT2D eigenvalue weighted by molar-refractivity contribution is 7.92. The maximum absolute atomic E-state index is 13.9. The minimum absolute atomic E-state index is 0.0424. The van der Waals surface area contributed by atoms with Crippen molar-refractivity contribution in [3.8, 4) is 5.75 Å². The first-order valence-electron chi connectivity index (χ1n) is 13.1. The van der Waals surface area contributed by atoms with Crippen LogP contribution in [0.4, 0.5) is 5.69 Å². The lowest BCUT2D eigenvalue weighted by Gasteiger charge is -2.32. The van der Waals surface area contributed by atoms with Gasteiger partial charge in [0, 0.05) is 18.1 Å². The van der Waals surface area contributed by atoms with Gasteiger partial charge >= 0.3 is 0 Å². The summed E-state index contributed by atoms with van der Waals surface area (Å²) < 4.78 is 34.2. The molecule has 40 heavy (non-hydrogen) atoms. The molecule has 0 saturated heterocycles. The number of rotatable bonds is 13. The lowest BCUT2D eigenvalue weighted by atomic mass is 10.1. The lowest BCUT2D eigenvalue weighted by Crippen LogP contribution is -2.51. The monoisotopic (exact) mass is 585 g/mol. The largest absolute Gasteiger partial charge is 0.494 e. The van der Waals surface area contributed by atoms with E-state index in [1.807, 2.05) is 20.8 Å². The van der Waals surface area contributed by atoms with E-state index >= 15 is 0 Å². The Morgan fingerprint density at radius 1 is 0.950 bits per heavy atom. The van der Waals surface area contributed by atoms with Crippen molar-refractivity contribution >= 4 is 39.1 Å². The summed E-state index contributed by atoms with van der Waals surface area (Å²) in [5.74, 6) is -0.0739. The average molecular weight is 586 g/mol. The number of nitrogens with one attached hydrogen (secondary N) is 1. The fraction of sp³-hybridized carbons (Fsp3) is 0.333. The second kappa shape index (κ2) is 14.2. The van der Waals surface area contributed by atoms with Crippen LogP contribution in [0.15, 0.2) is 83.8 Å². The van der Waals surface area contributed by atoms with Crippen LogP contribution in [0.1, 0.15) is 33.3 Å². The Morgan fingerprint density at radius 3 is 2.23 bits per heavy atom. The molecule has 214 valence electrons. The number of hydrogen-bond acceptors (Lipinski definition) is 5. The molecule has 0 aliphatic carbocycles. The van der Waals surface area contributed by atoms with Gasteiger partial charge in [0.15, 0.2) is 0 Å². The molecule has 10 heteroatoms. The Balaban J connectivity index is 2.00. The van der Waals surface area contributed by atoms with Gasteiger partial charge in [-0.1, -0.05) is 55.8 Å². The molecule has 0 saturated carbocycles. The van der Waals surface area contributed by atoms with E-state index in [-0.39, 0.29) is 23.3 Å². The molecule has 0 radical (unpaired) electrons. The van der Waals surface area contributed by atoms with Crippen molar-refractivity contribution in [1.82, 2.24) is 10.2 Å². The van der Waals surface area contributed by atoms with Gasteiger partial charge in [0.25, 0.3) is 10.0 Å². The number of halogens is 1. The van der Waals surface area contributed by atoms with Gasteiger partial charge in [-0.15, -0.1) is 0 Å². The van der Waals surface area contributed by atoms with Crippen LogP contribution < -0.4 is 14.4 Å². The fourth-order valence-electron chi connectivity index (χ4n) is 3.99. The molecule has 1 atom stereocenters. The number of amides is 2. The molecule has 3 rings (SSSR count). The molecule has 0 aromatic heterocycles. The Labute approximate surface area is 241 Å². The average Bonchev–Trinajstić information content (AvgIpc) is 2.94. The Morgan fingerprint density at radius 2 is 1.62 bits per heavy atom. The van der Waals surface area contributed by atoms with Crippen molar-refractivity contribution in [2.24, 2.45) is 5.92 Å². The highest BCUT2D eigenvalue weighted by Crippen LogP contribution is 2.27. The molecular formula is C30H36ClN3O5S. The standard InChI is InChI=1S/C30H36ClN3O5S/c1-5-39-27-16-14-26(15-17-27)34(40(37,38)28-12-7-6-8-13-28)21-29(35)33(20-24-10-9-11-25(31)18-24)23(4)30(36)32-19-22(2)3/h6-18,22-23H,5,19-21H2,1-4H3,(H,32,36)/t23-/m1/s1. The number of ether oxygens (including phenoxy) is 1. The second-order valence-corrected chi connectivity index (χ2v) is 12.0. The van der Waals surface area contributed by atoms with Gasteiger partial charge < -0.3 is 15.0 Å². The number of carbonyl (C=O) groups is 2.